The summed E-state index contributed by atoms with van der Waals surface area (Å²) in [7, 11) is 0. The van der Waals surface area contributed by atoms with Gasteiger partial charge in [-0.2, -0.15) is 0 Å². The van der Waals surface area contributed by atoms with E-state index < -0.39 is 5.60 Å². The summed E-state index contributed by atoms with van der Waals surface area (Å²) in [5.41, 5.74) is 1.58. The maximum atomic E-state index is 11.8. The first-order valence-corrected chi connectivity index (χ1v) is 10.6. The van der Waals surface area contributed by atoms with Gasteiger partial charge in [-0.3, -0.25) is 0 Å². The van der Waals surface area contributed by atoms with Crippen molar-refractivity contribution in [2.45, 2.75) is 57.7 Å². The minimum Gasteiger partial charge on any atom is -0.389 e. The van der Waals surface area contributed by atoms with Crippen LogP contribution in [-0.4, -0.2) is 10.7 Å². The summed E-state index contributed by atoms with van der Waals surface area (Å²) >= 11 is 12.2. The molecule has 1 saturated heterocycles. The van der Waals surface area contributed by atoms with Crippen molar-refractivity contribution in [2.75, 3.05) is 0 Å². The highest BCUT2D eigenvalue weighted by molar-refractivity contribution is 6.30. The van der Waals surface area contributed by atoms with Gasteiger partial charge in [0.05, 0.1) is 5.60 Å². The Morgan fingerprint density at radius 2 is 1.26 bits per heavy atom. The molecule has 4 heteroatoms. The van der Waals surface area contributed by atoms with Crippen LogP contribution in [0.15, 0.2) is 48.5 Å². The van der Waals surface area contributed by atoms with Gasteiger partial charge in [-0.1, -0.05) is 81.1 Å². The molecule has 1 aliphatic rings. The zero-order chi connectivity index (χ0) is 19.6. The molecule has 1 unspecified atom stereocenters. The van der Waals surface area contributed by atoms with E-state index in [4.69, 9.17) is 23.2 Å². The Hall–Kier alpha value is -1.06. The fourth-order valence-corrected chi connectivity index (χ4v) is 4.75. The SMILES string of the molecule is CCCCC1(O)[C@H](C)[C@H](c2ccc(Cl)cc2)N[C@@H](c2ccc(Cl)cc2)[C@@H]1C. The van der Waals surface area contributed by atoms with Gasteiger partial charge in [0.25, 0.3) is 0 Å². The highest BCUT2D eigenvalue weighted by Crippen LogP contribution is 2.49. The predicted molar refractivity (Wildman–Crippen MR) is 114 cm³/mol. The number of piperidine rings is 1. The minimum absolute atomic E-state index is 0.0565. The van der Waals surface area contributed by atoms with Crippen molar-refractivity contribution >= 4 is 23.2 Å². The second-order valence-corrected chi connectivity index (χ2v) is 8.77. The lowest BCUT2D eigenvalue weighted by Gasteiger charge is -2.52. The smallest absolute Gasteiger partial charge is 0.0734 e. The molecule has 0 radical (unpaired) electrons. The number of aliphatic hydroxyl groups is 1. The number of unbranched alkanes of at least 4 members (excludes halogenated alkanes) is 1. The van der Waals surface area contributed by atoms with Crippen molar-refractivity contribution in [1.82, 2.24) is 5.32 Å². The number of hydrogen-bond donors (Lipinski definition) is 2. The van der Waals surface area contributed by atoms with Gasteiger partial charge in [0.15, 0.2) is 0 Å². The Kier molecular flexibility index (Phi) is 6.53. The predicted octanol–water partition coefficient (Wildman–Crippen LogP) is 6.57. The topological polar surface area (TPSA) is 32.3 Å². The van der Waals surface area contributed by atoms with E-state index in [2.05, 4.69) is 50.4 Å². The van der Waals surface area contributed by atoms with Crippen LogP contribution in [0.2, 0.25) is 10.0 Å². The van der Waals surface area contributed by atoms with Gasteiger partial charge in [-0.25, -0.2) is 0 Å². The van der Waals surface area contributed by atoms with E-state index in [9.17, 15) is 5.11 Å². The summed E-state index contributed by atoms with van der Waals surface area (Å²) in [6.45, 7) is 6.50. The Morgan fingerprint density at radius 3 is 1.63 bits per heavy atom. The van der Waals surface area contributed by atoms with Crippen molar-refractivity contribution in [3.05, 3.63) is 69.7 Å². The first-order chi connectivity index (χ1) is 12.9. The van der Waals surface area contributed by atoms with Crippen molar-refractivity contribution < 1.29 is 5.11 Å². The highest BCUT2D eigenvalue weighted by Gasteiger charge is 2.50. The third-order valence-corrected chi connectivity index (χ3v) is 6.83. The lowest BCUT2D eigenvalue weighted by Crippen LogP contribution is -2.57. The monoisotopic (exact) mass is 405 g/mol. The Balaban J connectivity index is 2.01. The van der Waals surface area contributed by atoms with Crippen LogP contribution in [0, 0.1) is 11.8 Å². The maximum Gasteiger partial charge on any atom is 0.0734 e. The van der Waals surface area contributed by atoms with Crippen LogP contribution in [0.1, 0.15) is 63.2 Å². The van der Waals surface area contributed by atoms with Gasteiger partial charge in [-0.15, -0.1) is 0 Å². The molecule has 2 aromatic carbocycles. The van der Waals surface area contributed by atoms with Crippen LogP contribution in [0.3, 0.4) is 0 Å². The fraction of sp³-hybridized carbons (Fsp3) is 0.478. The average molecular weight is 406 g/mol. The van der Waals surface area contributed by atoms with E-state index in [0.717, 1.165) is 40.4 Å². The van der Waals surface area contributed by atoms with E-state index in [-0.39, 0.29) is 23.9 Å². The van der Waals surface area contributed by atoms with Crippen molar-refractivity contribution in [1.29, 1.82) is 0 Å². The van der Waals surface area contributed by atoms with Gasteiger partial charge >= 0.3 is 0 Å². The molecule has 1 fully saturated rings. The molecule has 0 saturated carbocycles. The van der Waals surface area contributed by atoms with Crippen LogP contribution in [0.25, 0.3) is 0 Å². The molecule has 27 heavy (non-hydrogen) atoms. The molecule has 0 aromatic heterocycles. The average Bonchev–Trinajstić information content (AvgIpc) is 2.67. The molecule has 0 aliphatic carbocycles. The molecule has 3 rings (SSSR count). The van der Waals surface area contributed by atoms with E-state index in [0.29, 0.717) is 0 Å². The van der Waals surface area contributed by atoms with Crippen LogP contribution < -0.4 is 5.32 Å². The lowest BCUT2D eigenvalue weighted by atomic mass is 9.64. The highest BCUT2D eigenvalue weighted by atomic mass is 35.5. The van der Waals surface area contributed by atoms with Gasteiger partial charge in [0.2, 0.25) is 0 Å². The third-order valence-electron chi connectivity index (χ3n) is 6.33. The molecule has 2 nitrogen and oxygen atoms in total. The van der Waals surface area contributed by atoms with Gasteiger partial charge in [0.1, 0.15) is 0 Å². The first kappa shape index (κ1) is 20.7. The zero-order valence-corrected chi connectivity index (χ0v) is 17.8. The molecule has 5 atom stereocenters. The van der Waals surface area contributed by atoms with Crippen LogP contribution >= 0.6 is 23.2 Å². The lowest BCUT2D eigenvalue weighted by molar-refractivity contribution is -0.117. The van der Waals surface area contributed by atoms with E-state index in [1.807, 2.05) is 24.3 Å². The number of nitrogens with one attached hydrogen (secondary N) is 1. The maximum absolute atomic E-state index is 11.8. The molecule has 2 aromatic rings. The molecule has 0 bridgehead atoms. The first-order valence-electron chi connectivity index (χ1n) is 9.86. The number of rotatable bonds is 5. The second kappa shape index (κ2) is 8.53. The number of benzene rings is 2. The molecule has 0 amide bonds. The summed E-state index contributed by atoms with van der Waals surface area (Å²) in [5.74, 6) is 0.174. The van der Waals surface area contributed by atoms with E-state index in [1.54, 1.807) is 0 Å². The number of hydrogen-bond acceptors (Lipinski definition) is 2. The molecular weight excluding hydrogens is 377 g/mol. The second-order valence-electron chi connectivity index (χ2n) is 7.90. The van der Waals surface area contributed by atoms with Crippen molar-refractivity contribution in [2.24, 2.45) is 11.8 Å². The van der Waals surface area contributed by atoms with Gasteiger partial charge in [-0.05, 0) is 41.8 Å². The summed E-state index contributed by atoms with van der Waals surface area (Å²) in [5, 5.41) is 17.1. The van der Waals surface area contributed by atoms with Gasteiger partial charge in [0, 0.05) is 34.0 Å². The molecule has 1 aliphatic heterocycles. The molecule has 1 heterocycles. The fourth-order valence-electron chi connectivity index (χ4n) is 4.50. The summed E-state index contributed by atoms with van der Waals surface area (Å²) in [6, 6.07) is 16.0. The van der Waals surface area contributed by atoms with Crippen LogP contribution in [0.5, 0.6) is 0 Å². The quantitative estimate of drug-likeness (QED) is 0.588. The zero-order valence-electron chi connectivity index (χ0n) is 16.3. The van der Waals surface area contributed by atoms with Crippen LogP contribution in [-0.2, 0) is 0 Å². The van der Waals surface area contributed by atoms with Crippen LogP contribution in [0.4, 0.5) is 0 Å². The largest absolute Gasteiger partial charge is 0.389 e. The third kappa shape index (κ3) is 4.19. The number of halogens is 2. The molecule has 146 valence electrons. The Labute approximate surface area is 172 Å². The van der Waals surface area contributed by atoms with E-state index >= 15 is 0 Å². The Morgan fingerprint density at radius 1 is 0.852 bits per heavy atom. The standard InChI is InChI=1S/C23H29Cl2NO/c1-4-5-14-23(27)15(2)21(17-6-10-19(24)11-7-17)26-22(16(23)3)18-8-12-20(25)13-9-18/h6-13,15-16,21-22,26-27H,4-5,14H2,1-3H3/t15-,16+,21-,22-,23?/m1/s1. The molecule has 0 spiro atoms. The van der Waals surface area contributed by atoms with Crippen molar-refractivity contribution in [3.63, 3.8) is 0 Å². The molecular formula is C23H29Cl2NO. The normalized spacial score (nSPS) is 31.0. The summed E-state index contributed by atoms with van der Waals surface area (Å²) in [6.07, 6.45) is 2.90. The Bertz CT molecular complexity index is 686. The van der Waals surface area contributed by atoms with E-state index in [1.165, 1.54) is 0 Å². The van der Waals surface area contributed by atoms with Gasteiger partial charge < -0.3 is 10.4 Å². The minimum atomic E-state index is -0.740. The summed E-state index contributed by atoms with van der Waals surface area (Å²) < 4.78 is 0. The molecule has 2 N–H and O–H groups in total. The summed E-state index contributed by atoms with van der Waals surface area (Å²) in [4.78, 5) is 0. The van der Waals surface area contributed by atoms with Crippen molar-refractivity contribution in [3.8, 4) is 0 Å².